The topological polar surface area (TPSA) is 35.6 Å². The first-order valence-corrected chi connectivity index (χ1v) is 8.52. The minimum absolute atomic E-state index is 0.179. The van der Waals surface area contributed by atoms with E-state index in [0.29, 0.717) is 17.8 Å². The summed E-state index contributed by atoms with van der Waals surface area (Å²) in [5, 5.41) is 2.86. The van der Waals surface area contributed by atoms with E-state index in [9.17, 15) is 18.0 Å². The number of hydrogen-bond donors (Lipinski definition) is 1. The van der Waals surface area contributed by atoms with Gasteiger partial charge in [0.15, 0.2) is 0 Å². The number of amides is 1. The van der Waals surface area contributed by atoms with Gasteiger partial charge in [-0.2, -0.15) is 13.2 Å². The van der Waals surface area contributed by atoms with Crippen molar-refractivity contribution >= 4 is 17.3 Å². The SMILES string of the molecule is C[C@@H](C(=O)Nc1ccc(N(C)C)cc1)N(C)Cc1ccc(C(F)(F)F)cc1. The van der Waals surface area contributed by atoms with Crippen LogP contribution in [0.1, 0.15) is 18.1 Å². The quantitative estimate of drug-likeness (QED) is 0.816. The molecule has 0 unspecified atom stereocenters. The summed E-state index contributed by atoms with van der Waals surface area (Å²) in [6, 6.07) is 12.0. The molecule has 0 fully saturated rings. The van der Waals surface area contributed by atoms with Crippen LogP contribution < -0.4 is 10.2 Å². The van der Waals surface area contributed by atoms with Crippen LogP contribution in [0, 0.1) is 0 Å². The van der Waals surface area contributed by atoms with Crippen molar-refractivity contribution < 1.29 is 18.0 Å². The molecule has 0 aliphatic rings. The van der Waals surface area contributed by atoms with Crippen LogP contribution in [0.25, 0.3) is 0 Å². The normalized spacial score (nSPS) is 12.7. The lowest BCUT2D eigenvalue weighted by Gasteiger charge is -2.24. The Morgan fingerprint density at radius 3 is 2.04 bits per heavy atom. The van der Waals surface area contributed by atoms with E-state index in [-0.39, 0.29) is 5.91 Å². The summed E-state index contributed by atoms with van der Waals surface area (Å²) in [6.45, 7) is 2.12. The maximum atomic E-state index is 12.6. The monoisotopic (exact) mass is 379 g/mol. The number of likely N-dealkylation sites (N-methyl/N-ethyl adjacent to an activating group) is 1. The predicted molar refractivity (Wildman–Crippen MR) is 102 cm³/mol. The number of alkyl halides is 3. The average Bonchev–Trinajstić information content (AvgIpc) is 2.61. The van der Waals surface area contributed by atoms with Gasteiger partial charge in [-0.3, -0.25) is 9.69 Å². The van der Waals surface area contributed by atoms with Crippen molar-refractivity contribution in [1.29, 1.82) is 0 Å². The molecule has 2 rings (SSSR count). The summed E-state index contributed by atoms with van der Waals surface area (Å²) < 4.78 is 37.9. The third-order valence-corrected chi connectivity index (χ3v) is 4.41. The van der Waals surface area contributed by atoms with Crippen molar-refractivity contribution in [2.24, 2.45) is 0 Å². The lowest BCUT2D eigenvalue weighted by molar-refractivity contribution is -0.137. The molecule has 0 saturated carbocycles. The number of nitrogens with one attached hydrogen (secondary N) is 1. The number of halogens is 3. The van der Waals surface area contributed by atoms with Crippen molar-refractivity contribution in [2.45, 2.75) is 25.7 Å². The summed E-state index contributed by atoms with van der Waals surface area (Å²) in [6.07, 6.45) is -4.35. The highest BCUT2D eigenvalue weighted by atomic mass is 19.4. The Kier molecular flexibility index (Phi) is 6.49. The van der Waals surface area contributed by atoms with E-state index in [1.54, 1.807) is 18.9 Å². The molecule has 1 amide bonds. The Labute approximate surface area is 157 Å². The molecule has 1 atom stereocenters. The molecule has 0 heterocycles. The molecule has 146 valence electrons. The van der Waals surface area contributed by atoms with Crippen molar-refractivity contribution in [3.8, 4) is 0 Å². The van der Waals surface area contributed by atoms with Crippen LogP contribution in [0.5, 0.6) is 0 Å². The second-order valence-electron chi connectivity index (χ2n) is 6.72. The first-order chi connectivity index (χ1) is 12.6. The highest BCUT2D eigenvalue weighted by molar-refractivity contribution is 5.94. The molecule has 2 aromatic rings. The van der Waals surface area contributed by atoms with Gasteiger partial charge in [0.1, 0.15) is 0 Å². The highest BCUT2D eigenvalue weighted by Gasteiger charge is 2.30. The standard InChI is InChI=1S/C20H24F3N3O/c1-14(19(27)24-17-9-11-18(12-10-17)25(2)3)26(4)13-15-5-7-16(8-6-15)20(21,22)23/h5-12,14H,13H2,1-4H3,(H,24,27)/t14-/m0/s1. The van der Waals surface area contributed by atoms with Gasteiger partial charge in [0.05, 0.1) is 11.6 Å². The fourth-order valence-electron chi connectivity index (χ4n) is 2.51. The second kappa shape index (κ2) is 8.43. The van der Waals surface area contributed by atoms with Gasteiger partial charge >= 0.3 is 6.18 Å². The molecular weight excluding hydrogens is 355 g/mol. The Hall–Kier alpha value is -2.54. The molecule has 1 N–H and O–H groups in total. The number of nitrogens with zero attached hydrogens (tertiary/aromatic N) is 2. The van der Waals surface area contributed by atoms with Crippen molar-refractivity contribution in [2.75, 3.05) is 31.4 Å². The average molecular weight is 379 g/mol. The van der Waals surface area contributed by atoms with E-state index >= 15 is 0 Å². The van der Waals surface area contributed by atoms with Crippen LogP contribution in [0.3, 0.4) is 0 Å². The molecule has 0 spiro atoms. The summed E-state index contributed by atoms with van der Waals surface area (Å²) in [5.41, 5.74) is 1.75. The zero-order valence-electron chi connectivity index (χ0n) is 15.8. The fourth-order valence-corrected chi connectivity index (χ4v) is 2.51. The molecule has 0 saturated heterocycles. The second-order valence-corrected chi connectivity index (χ2v) is 6.72. The minimum atomic E-state index is -4.35. The van der Waals surface area contributed by atoms with Gasteiger partial charge in [-0.1, -0.05) is 12.1 Å². The largest absolute Gasteiger partial charge is 0.416 e. The van der Waals surface area contributed by atoms with E-state index in [4.69, 9.17) is 0 Å². The van der Waals surface area contributed by atoms with Crippen molar-refractivity contribution in [1.82, 2.24) is 4.90 Å². The van der Waals surface area contributed by atoms with E-state index in [1.807, 2.05) is 43.3 Å². The van der Waals surface area contributed by atoms with E-state index in [1.165, 1.54) is 12.1 Å². The molecule has 0 bridgehead atoms. The molecule has 0 aliphatic carbocycles. The van der Waals surface area contributed by atoms with Gasteiger partial charge in [0.2, 0.25) is 5.91 Å². The van der Waals surface area contributed by atoms with Crippen LogP contribution in [-0.2, 0) is 17.5 Å². The minimum Gasteiger partial charge on any atom is -0.378 e. The van der Waals surface area contributed by atoms with Gasteiger partial charge in [-0.25, -0.2) is 0 Å². The van der Waals surface area contributed by atoms with Gasteiger partial charge < -0.3 is 10.2 Å². The molecule has 0 aromatic heterocycles. The maximum absolute atomic E-state index is 12.6. The van der Waals surface area contributed by atoms with E-state index in [0.717, 1.165) is 17.8 Å². The predicted octanol–water partition coefficient (Wildman–Crippen LogP) is 4.23. The summed E-state index contributed by atoms with van der Waals surface area (Å²) in [4.78, 5) is 16.2. The number of carbonyl (C=O) groups excluding carboxylic acids is 1. The van der Waals surface area contributed by atoms with Crippen molar-refractivity contribution in [3.05, 3.63) is 59.7 Å². The third-order valence-electron chi connectivity index (χ3n) is 4.41. The Morgan fingerprint density at radius 1 is 1.00 bits per heavy atom. The summed E-state index contributed by atoms with van der Waals surface area (Å²) in [5.74, 6) is -0.179. The van der Waals surface area contributed by atoms with Gasteiger partial charge in [0.25, 0.3) is 0 Å². The highest BCUT2D eigenvalue weighted by Crippen LogP contribution is 2.29. The molecule has 2 aromatic carbocycles. The number of hydrogen-bond acceptors (Lipinski definition) is 3. The Bertz CT molecular complexity index is 756. The molecular formula is C20H24F3N3O. The van der Waals surface area contributed by atoms with Crippen molar-refractivity contribution in [3.63, 3.8) is 0 Å². The number of rotatable bonds is 6. The van der Waals surface area contributed by atoms with Gasteiger partial charge in [-0.15, -0.1) is 0 Å². The smallest absolute Gasteiger partial charge is 0.378 e. The molecule has 7 heteroatoms. The van der Waals surface area contributed by atoms with Crippen LogP contribution in [0.15, 0.2) is 48.5 Å². The lowest BCUT2D eigenvalue weighted by atomic mass is 10.1. The zero-order chi connectivity index (χ0) is 20.2. The number of carbonyl (C=O) groups is 1. The molecule has 0 radical (unpaired) electrons. The lowest BCUT2D eigenvalue weighted by Crippen LogP contribution is -2.39. The number of anilines is 2. The first-order valence-electron chi connectivity index (χ1n) is 8.52. The molecule has 27 heavy (non-hydrogen) atoms. The van der Waals surface area contributed by atoms with E-state index in [2.05, 4.69) is 5.32 Å². The zero-order valence-corrected chi connectivity index (χ0v) is 15.8. The number of benzene rings is 2. The van der Waals surface area contributed by atoms with Crippen LogP contribution in [0.2, 0.25) is 0 Å². The molecule has 0 aliphatic heterocycles. The Balaban J connectivity index is 1.95. The van der Waals surface area contributed by atoms with Gasteiger partial charge in [0, 0.05) is 32.0 Å². The van der Waals surface area contributed by atoms with Crippen LogP contribution >= 0.6 is 0 Å². The summed E-state index contributed by atoms with van der Waals surface area (Å²) >= 11 is 0. The molecule has 4 nitrogen and oxygen atoms in total. The summed E-state index contributed by atoms with van der Waals surface area (Å²) in [7, 11) is 5.63. The first kappa shape index (κ1) is 20.8. The Morgan fingerprint density at radius 2 is 1.56 bits per heavy atom. The van der Waals surface area contributed by atoms with E-state index < -0.39 is 17.8 Å². The van der Waals surface area contributed by atoms with Crippen LogP contribution in [-0.4, -0.2) is 38.0 Å². The fraction of sp³-hybridized carbons (Fsp3) is 0.350. The van der Waals surface area contributed by atoms with Crippen LogP contribution in [0.4, 0.5) is 24.5 Å². The maximum Gasteiger partial charge on any atom is 0.416 e. The van der Waals surface area contributed by atoms with Gasteiger partial charge in [-0.05, 0) is 55.9 Å². The third kappa shape index (κ3) is 5.72.